The van der Waals surface area contributed by atoms with Crippen LogP contribution >= 0.6 is 0 Å². The van der Waals surface area contributed by atoms with Crippen molar-refractivity contribution < 1.29 is 13.2 Å². The number of halogens is 3. The first kappa shape index (κ1) is 18.7. The number of pyridine rings is 1. The molecule has 2 unspecified atom stereocenters. The zero-order chi connectivity index (χ0) is 21.5. The molecule has 1 N–H and O–H groups in total. The Morgan fingerprint density at radius 3 is 2.32 bits per heavy atom. The molecule has 2 aromatic heterocycles. The normalized spacial score (nSPS) is 28.5. The molecule has 7 rings (SSSR count). The predicted molar refractivity (Wildman–Crippen MR) is 110 cm³/mol. The summed E-state index contributed by atoms with van der Waals surface area (Å²) in [6, 6.07) is 11.2. The van der Waals surface area contributed by atoms with Gasteiger partial charge in [0.05, 0.1) is 16.8 Å². The Balaban J connectivity index is 1.48. The van der Waals surface area contributed by atoms with Crippen molar-refractivity contribution in [1.29, 1.82) is 5.26 Å². The molecule has 4 saturated carbocycles. The summed E-state index contributed by atoms with van der Waals surface area (Å²) < 4.78 is 40.8. The summed E-state index contributed by atoms with van der Waals surface area (Å²) in [6.45, 7) is 1.81. The largest absolute Gasteiger partial charge is 0.416 e. The maximum atomic E-state index is 13.0. The average molecular weight is 422 g/mol. The van der Waals surface area contributed by atoms with Gasteiger partial charge in [-0.05, 0) is 85.8 Å². The molecule has 1 aromatic carbocycles. The number of hydrogen-bond donors (Lipinski definition) is 1. The van der Waals surface area contributed by atoms with Crippen molar-refractivity contribution in [2.24, 2.45) is 17.8 Å². The minimum atomic E-state index is -4.37. The number of alkyl halides is 3. The lowest BCUT2D eigenvalue weighted by Gasteiger charge is -2.32. The van der Waals surface area contributed by atoms with Gasteiger partial charge in [-0.15, -0.1) is 0 Å². The zero-order valence-corrected chi connectivity index (χ0v) is 17.0. The van der Waals surface area contributed by atoms with E-state index in [0.717, 1.165) is 35.3 Å². The number of fused-ring (bicyclic) bond motifs is 1. The third-order valence-corrected chi connectivity index (χ3v) is 7.82. The Morgan fingerprint density at radius 2 is 1.77 bits per heavy atom. The van der Waals surface area contributed by atoms with Gasteiger partial charge in [-0.25, -0.2) is 4.52 Å². The van der Waals surface area contributed by atoms with Crippen molar-refractivity contribution in [3.05, 3.63) is 53.2 Å². The number of aryl methyl sites for hydroxylation is 1. The van der Waals surface area contributed by atoms with Gasteiger partial charge in [-0.3, -0.25) is 0 Å². The zero-order valence-electron chi connectivity index (χ0n) is 17.0. The molecule has 0 radical (unpaired) electrons. The van der Waals surface area contributed by atoms with Crippen LogP contribution in [0.3, 0.4) is 0 Å². The molecule has 2 heterocycles. The highest BCUT2D eigenvalue weighted by molar-refractivity contribution is 5.77. The van der Waals surface area contributed by atoms with Gasteiger partial charge in [0.25, 0.3) is 0 Å². The fourth-order valence-corrected chi connectivity index (χ4v) is 6.48. The number of aromatic nitrogens is 2. The van der Waals surface area contributed by atoms with Crippen LogP contribution in [0, 0.1) is 36.0 Å². The first-order valence-corrected chi connectivity index (χ1v) is 10.7. The van der Waals surface area contributed by atoms with Crippen molar-refractivity contribution in [1.82, 2.24) is 9.61 Å². The summed E-state index contributed by atoms with van der Waals surface area (Å²) in [6.07, 6.45) is 0.522. The van der Waals surface area contributed by atoms with Crippen LogP contribution in [0.4, 0.5) is 19.0 Å². The van der Waals surface area contributed by atoms with E-state index in [0.29, 0.717) is 28.3 Å². The van der Waals surface area contributed by atoms with Crippen molar-refractivity contribution in [3.63, 3.8) is 0 Å². The van der Waals surface area contributed by atoms with E-state index in [4.69, 9.17) is 0 Å². The third-order valence-electron chi connectivity index (χ3n) is 7.82. The summed E-state index contributed by atoms with van der Waals surface area (Å²) in [7, 11) is 0. The van der Waals surface area contributed by atoms with E-state index in [1.165, 1.54) is 37.8 Å². The quantitative estimate of drug-likeness (QED) is 0.580. The summed E-state index contributed by atoms with van der Waals surface area (Å²) >= 11 is 0. The van der Waals surface area contributed by atoms with E-state index in [-0.39, 0.29) is 5.54 Å². The average Bonchev–Trinajstić information content (AvgIpc) is 3.49. The van der Waals surface area contributed by atoms with E-state index in [1.807, 2.05) is 19.1 Å². The molecule has 4 nitrogen and oxygen atoms in total. The second-order valence-electron chi connectivity index (χ2n) is 9.45. The molecule has 3 aromatic rings. The number of nitrogens with zero attached hydrogens (tertiary/aromatic N) is 3. The lowest BCUT2D eigenvalue weighted by molar-refractivity contribution is -0.137. The summed E-state index contributed by atoms with van der Waals surface area (Å²) in [4.78, 5) is 0. The topological polar surface area (TPSA) is 53.1 Å². The van der Waals surface area contributed by atoms with Gasteiger partial charge in [0, 0.05) is 5.54 Å². The van der Waals surface area contributed by atoms with Crippen molar-refractivity contribution in [2.45, 2.75) is 44.3 Å². The van der Waals surface area contributed by atoms with Gasteiger partial charge >= 0.3 is 6.18 Å². The van der Waals surface area contributed by atoms with Gasteiger partial charge in [0.2, 0.25) is 0 Å². The molecule has 7 heteroatoms. The van der Waals surface area contributed by atoms with E-state index >= 15 is 0 Å². The number of hydrogen-bond acceptors (Lipinski definition) is 3. The molecule has 158 valence electrons. The first-order chi connectivity index (χ1) is 14.8. The van der Waals surface area contributed by atoms with E-state index in [1.54, 1.807) is 4.52 Å². The lowest BCUT2D eigenvalue weighted by Crippen LogP contribution is -2.38. The molecule has 0 saturated heterocycles. The molecule has 31 heavy (non-hydrogen) atoms. The molecule has 0 amide bonds. The van der Waals surface area contributed by atoms with E-state index < -0.39 is 11.7 Å². The predicted octanol–water partition coefficient (Wildman–Crippen LogP) is 5.80. The van der Waals surface area contributed by atoms with Crippen LogP contribution < -0.4 is 5.32 Å². The molecular formula is C24H21F3N4. The lowest BCUT2D eigenvalue weighted by atomic mass is 9.90. The minimum Gasteiger partial charge on any atom is -0.364 e. The van der Waals surface area contributed by atoms with E-state index in [2.05, 4.69) is 16.5 Å². The van der Waals surface area contributed by atoms with Crippen molar-refractivity contribution in [2.75, 3.05) is 5.32 Å². The molecule has 4 bridgehead atoms. The number of anilines is 1. The van der Waals surface area contributed by atoms with Crippen LogP contribution in [0.25, 0.3) is 16.6 Å². The van der Waals surface area contributed by atoms with Crippen LogP contribution in [0.1, 0.15) is 42.5 Å². The maximum absolute atomic E-state index is 13.0. The SMILES string of the molecule is Cc1nn2c(NC34CC5CC3CC5C4)cc(-c3ccc(C(F)(F)F)cc3)cc2c1C#N. The second kappa shape index (κ2) is 6.03. The molecule has 2 atom stereocenters. The highest BCUT2D eigenvalue weighted by Crippen LogP contribution is 2.66. The number of nitriles is 1. The molecule has 0 spiro atoms. The monoisotopic (exact) mass is 422 g/mol. The molecule has 4 aliphatic carbocycles. The van der Waals surface area contributed by atoms with Gasteiger partial charge < -0.3 is 5.32 Å². The Hall–Kier alpha value is -3.01. The summed E-state index contributed by atoms with van der Waals surface area (Å²) in [5, 5.41) is 18.1. The fraction of sp³-hybridized carbons (Fsp3) is 0.417. The highest BCUT2D eigenvalue weighted by Gasteiger charge is 2.63. The fourth-order valence-electron chi connectivity index (χ4n) is 6.48. The standard InChI is InChI=1S/C24H21F3N4/c1-13-20(12-28)21-8-15(14-2-4-18(5-3-14)24(25,26)27)9-22(31(21)30-13)29-23-10-16-6-19(23)7-17(16)11-23/h2-5,8-9,16-17,19,29H,6-7,10-11H2,1H3. The van der Waals surface area contributed by atoms with Crippen LogP contribution in [-0.2, 0) is 6.18 Å². The molecule has 4 fully saturated rings. The van der Waals surface area contributed by atoms with Crippen molar-refractivity contribution in [3.8, 4) is 17.2 Å². The Kier molecular flexibility index (Phi) is 3.64. The van der Waals surface area contributed by atoms with Gasteiger partial charge in [0.1, 0.15) is 17.5 Å². The molecule has 0 aliphatic heterocycles. The van der Waals surface area contributed by atoms with Crippen LogP contribution in [0.5, 0.6) is 0 Å². The maximum Gasteiger partial charge on any atom is 0.416 e. The van der Waals surface area contributed by atoms with Crippen LogP contribution in [0.15, 0.2) is 36.4 Å². The minimum absolute atomic E-state index is 0.0771. The van der Waals surface area contributed by atoms with Gasteiger partial charge in [0.15, 0.2) is 0 Å². The van der Waals surface area contributed by atoms with Gasteiger partial charge in [-0.1, -0.05) is 12.1 Å². The smallest absolute Gasteiger partial charge is 0.364 e. The summed E-state index contributed by atoms with van der Waals surface area (Å²) in [5.41, 5.74) is 2.68. The highest BCUT2D eigenvalue weighted by atomic mass is 19.4. The van der Waals surface area contributed by atoms with Gasteiger partial charge in [-0.2, -0.15) is 23.5 Å². The third kappa shape index (κ3) is 2.63. The van der Waals surface area contributed by atoms with E-state index in [9.17, 15) is 18.4 Å². The Labute approximate surface area is 177 Å². The number of benzene rings is 1. The first-order valence-electron chi connectivity index (χ1n) is 10.7. The Bertz CT molecular complexity index is 1240. The second-order valence-corrected chi connectivity index (χ2v) is 9.45. The van der Waals surface area contributed by atoms with Crippen molar-refractivity contribution >= 4 is 11.3 Å². The molecular weight excluding hydrogens is 401 g/mol. The Morgan fingerprint density at radius 1 is 1.10 bits per heavy atom. The van der Waals surface area contributed by atoms with Crippen LogP contribution in [-0.4, -0.2) is 15.2 Å². The number of nitrogens with one attached hydrogen (secondary N) is 1. The summed E-state index contributed by atoms with van der Waals surface area (Å²) in [5.74, 6) is 3.09. The number of rotatable bonds is 3. The van der Waals surface area contributed by atoms with Crippen LogP contribution in [0.2, 0.25) is 0 Å². The molecule has 4 aliphatic rings.